The SMILES string of the molecule is CC(=O)Nc1cc(C(=O)NC(C)c2ccc(OCC(F)F)cc2C)cc(C)n1. The van der Waals surface area contributed by atoms with Gasteiger partial charge in [-0.2, -0.15) is 0 Å². The van der Waals surface area contributed by atoms with Gasteiger partial charge in [-0.15, -0.1) is 0 Å². The lowest BCUT2D eigenvalue weighted by Crippen LogP contribution is -2.27. The van der Waals surface area contributed by atoms with Crippen LogP contribution in [0.15, 0.2) is 30.3 Å². The first-order chi connectivity index (χ1) is 13.2. The lowest BCUT2D eigenvalue weighted by atomic mass is 10.0. The summed E-state index contributed by atoms with van der Waals surface area (Å²) in [7, 11) is 0. The smallest absolute Gasteiger partial charge is 0.272 e. The van der Waals surface area contributed by atoms with Crippen LogP contribution in [0.1, 0.15) is 47.1 Å². The van der Waals surface area contributed by atoms with Gasteiger partial charge in [-0.05, 0) is 56.2 Å². The molecule has 0 aliphatic rings. The number of ether oxygens (including phenoxy) is 1. The van der Waals surface area contributed by atoms with Crippen molar-refractivity contribution >= 4 is 17.6 Å². The van der Waals surface area contributed by atoms with E-state index in [0.29, 0.717) is 22.8 Å². The molecule has 1 aromatic heterocycles. The van der Waals surface area contributed by atoms with Crippen molar-refractivity contribution < 1.29 is 23.1 Å². The van der Waals surface area contributed by atoms with E-state index in [1.165, 1.54) is 13.0 Å². The number of aryl methyl sites for hydroxylation is 2. The third-order valence-corrected chi connectivity index (χ3v) is 3.95. The van der Waals surface area contributed by atoms with Crippen molar-refractivity contribution in [2.24, 2.45) is 0 Å². The zero-order valence-electron chi connectivity index (χ0n) is 16.2. The molecule has 1 heterocycles. The van der Waals surface area contributed by atoms with Gasteiger partial charge in [-0.3, -0.25) is 9.59 Å². The van der Waals surface area contributed by atoms with Crippen LogP contribution in [0.25, 0.3) is 0 Å². The van der Waals surface area contributed by atoms with Crippen LogP contribution < -0.4 is 15.4 Å². The number of carbonyl (C=O) groups is 2. The number of rotatable bonds is 7. The zero-order valence-corrected chi connectivity index (χ0v) is 16.2. The Balaban J connectivity index is 2.12. The summed E-state index contributed by atoms with van der Waals surface area (Å²) in [6, 6.07) is 7.80. The molecule has 0 saturated carbocycles. The van der Waals surface area contributed by atoms with Gasteiger partial charge in [0.25, 0.3) is 12.3 Å². The fourth-order valence-corrected chi connectivity index (χ4v) is 2.78. The summed E-state index contributed by atoms with van der Waals surface area (Å²) in [4.78, 5) is 28.0. The molecule has 6 nitrogen and oxygen atoms in total. The second-order valence-electron chi connectivity index (χ2n) is 6.48. The normalized spacial score (nSPS) is 11.8. The standard InChI is InChI=1S/C20H23F2N3O3/c1-11-7-16(28-10-18(21)22)5-6-17(11)13(3)24-20(27)15-8-12(2)23-19(9-15)25-14(4)26/h5-9,13,18H,10H2,1-4H3,(H,24,27)(H,23,25,26). The molecule has 1 aromatic carbocycles. The Morgan fingerprint density at radius 3 is 2.50 bits per heavy atom. The van der Waals surface area contributed by atoms with Crippen LogP contribution >= 0.6 is 0 Å². The van der Waals surface area contributed by atoms with Crippen molar-refractivity contribution in [2.75, 3.05) is 11.9 Å². The van der Waals surface area contributed by atoms with E-state index in [-0.39, 0.29) is 17.9 Å². The average molecular weight is 391 g/mol. The Labute approximate surface area is 162 Å². The van der Waals surface area contributed by atoms with Gasteiger partial charge in [-0.25, -0.2) is 13.8 Å². The second-order valence-corrected chi connectivity index (χ2v) is 6.48. The van der Waals surface area contributed by atoms with E-state index in [0.717, 1.165) is 11.1 Å². The van der Waals surface area contributed by atoms with E-state index in [1.54, 1.807) is 31.2 Å². The molecule has 0 fully saturated rings. The molecule has 0 spiro atoms. The van der Waals surface area contributed by atoms with Crippen LogP contribution in [0.4, 0.5) is 14.6 Å². The van der Waals surface area contributed by atoms with Crippen LogP contribution in [-0.4, -0.2) is 29.8 Å². The summed E-state index contributed by atoms with van der Waals surface area (Å²) < 4.78 is 29.5. The van der Waals surface area contributed by atoms with Crippen molar-refractivity contribution in [3.63, 3.8) is 0 Å². The molecule has 2 rings (SSSR count). The molecular weight excluding hydrogens is 368 g/mol. The molecule has 1 atom stereocenters. The molecule has 0 bridgehead atoms. The Morgan fingerprint density at radius 1 is 1.18 bits per heavy atom. The van der Waals surface area contributed by atoms with E-state index in [9.17, 15) is 18.4 Å². The number of anilines is 1. The van der Waals surface area contributed by atoms with Gasteiger partial charge in [0.05, 0.1) is 6.04 Å². The predicted molar refractivity (Wildman–Crippen MR) is 102 cm³/mol. The van der Waals surface area contributed by atoms with E-state index < -0.39 is 13.0 Å². The zero-order chi connectivity index (χ0) is 20.8. The highest BCUT2D eigenvalue weighted by Gasteiger charge is 2.16. The third kappa shape index (κ3) is 6.00. The number of pyridine rings is 1. The van der Waals surface area contributed by atoms with Crippen molar-refractivity contribution in [3.8, 4) is 5.75 Å². The van der Waals surface area contributed by atoms with Crippen molar-refractivity contribution in [3.05, 3.63) is 52.7 Å². The van der Waals surface area contributed by atoms with Gasteiger partial charge in [0, 0.05) is 18.2 Å². The summed E-state index contributed by atoms with van der Waals surface area (Å²) in [6.45, 7) is 6.07. The van der Waals surface area contributed by atoms with Crippen LogP contribution in [0.3, 0.4) is 0 Å². The van der Waals surface area contributed by atoms with Crippen molar-refractivity contribution in [2.45, 2.75) is 40.2 Å². The summed E-state index contributed by atoms with van der Waals surface area (Å²) in [5, 5.41) is 5.45. The lowest BCUT2D eigenvalue weighted by Gasteiger charge is -2.18. The first-order valence-electron chi connectivity index (χ1n) is 8.74. The van der Waals surface area contributed by atoms with Gasteiger partial charge < -0.3 is 15.4 Å². The number of benzene rings is 1. The van der Waals surface area contributed by atoms with Gasteiger partial charge in [0.2, 0.25) is 5.91 Å². The number of aromatic nitrogens is 1. The monoisotopic (exact) mass is 391 g/mol. The number of carbonyl (C=O) groups excluding carboxylic acids is 2. The van der Waals surface area contributed by atoms with Crippen molar-refractivity contribution in [1.82, 2.24) is 10.3 Å². The van der Waals surface area contributed by atoms with Crippen LogP contribution in [-0.2, 0) is 4.79 Å². The maximum atomic E-state index is 12.6. The van der Waals surface area contributed by atoms with E-state index in [1.807, 2.05) is 13.8 Å². The number of alkyl halides is 2. The van der Waals surface area contributed by atoms with Gasteiger partial charge in [-0.1, -0.05) is 6.07 Å². The molecule has 2 aromatic rings. The molecule has 1 unspecified atom stereocenters. The summed E-state index contributed by atoms with van der Waals surface area (Å²) in [5.41, 5.74) is 2.62. The number of halogens is 2. The molecule has 2 amide bonds. The highest BCUT2D eigenvalue weighted by Crippen LogP contribution is 2.23. The van der Waals surface area contributed by atoms with E-state index >= 15 is 0 Å². The quantitative estimate of drug-likeness (QED) is 0.753. The third-order valence-electron chi connectivity index (χ3n) is 3.95. The number of nitrogens with zero attached hydrogens (tertiary/aromatic N) is 1. The summed E-state index contributed by atoms with van der Waals surface area (Å²) >= 11 is 0. The molecule has 150 valence electrons. The lowest BCUT2D eigenvalue weighted by molar-refractivity contribution is -0.114. The van der Waals surface area contributed by atoms with Gasteiger partial charge in [0.1, 0.15) is 18.2 Å². The number of amides is 2. The van der Waals surface area contributed by atoms with Crippen LogP contribution in [0, 0.1) is 13.8 Å². The molecular formula is C20H23F2N3O3. The molecule has 2 N–H and O–H groups in total. The first-order valence-corrected chi connectivity index (χ1v) is 8.74. The number of hydrogen-bond acceptors (Lipinski definition) is 4. The number of hydrogen-bond donors (Lipinski definition) is 2. The Morgan fingerprint density at radius 2 is 1.89 bits per heavy atom. The molecule has 0 aliphatic carbocycles. The largest absolute Gasteiger partial charge is 0.488 e. The molecule has 28 heavy (non-hydrogen) atoms. The van der Waals surface area contributed by atoms with Gasteiger partial charge in [0.15, 0.2) is 0 Å². The van der Waals surface area contributed by atoms with Gasteiger partial charge >= 0.3 is 0 Å². The molecule has 0 radical (unpaired) electrons. The minimum absolute atomic E-state index is 0.275. The minimum Gasteiger partial charge on any atom is -0.488 e. The fraction of sp³-hybridized carbons (Fsp3) is 0.350. The Bertz CT molecular complexity index is 872. The molecule has 0 saturated heterocycles. The number of nitrogens with one attached hydrogen (secondary N) is 2. The maximum Gasteiger partial charge on any atom is 0.272 e. The van der Waals surface area contributed by atoms with Crippen LogP contribution in [0.5, 0.6) is 5.75 Å². The summed E-state index contributed by atoms with van der Waals surface area (Å²) in [5.74, 6) is 0.0661. The highest BCUT2D eigenvalue weighted by molar-refractivity contribution is 5.96. The average Bonchev–Trinajstić information content (AvgIpc) is 2.58. The first kappa shape index (κ1) is 21.3. The predicted octanol–water partition coefficient (Wildman–Crippen LogP) is 3.79. The molecule has 0 aliphatic heterocycles. The molecule has 8 heteroatoms. The summed E-state index contributed by atoms with van der Waals surface area (Å²) in [6.07, 6.45) is -2.54. The highest BCUT2D eigenvalue weighted by atomic mass is 19.3. The Hall–Kier alpha value is -3.03. The Kier molecular flexibility index (Phi) is 7.03. The van der Waals surface area contributed by atoms with E-state index in [2.05, 4.69) is 15.6 Å². The topological polar surface area (TPSA) is 80.3 Å². The second kappa shape index (κ2) is 9.25. The maximum absolute atomic E-state index is 12.6. The van der Waals surface area contributed by atoms with Crippen molar-refractivity contribution in [1.29, 1.82) is 0 Å². The van der Waals surface area contributed by atoms with E-state index in [4.69, 9.17) is 4.74 Å². The fourth-order valence-electron chi connectivity index (χ4n) is 2.78. The minimum atomic E-state index is -2.54. The van der Waals surface area contributed by atoms with Crippen LogP contribution in [0.2, 0.25) is 0 Å².